The van der Waals surface area contributed by atoms with Gasteiger partial charge in [0, 0.05) is 19.7 Å². The van der Waals surface area contributed by atoms with Gasteiger partial charge in [0.2, 0.25) is 5.91 Å². The normalized spacial score (nSPS) is 28.5. The van der Waals surface area contributed by atoms with Gasteiger partial charge < -0.3 is 20.1 Å². The topological polar surface area (TPSA) is 59.6 Å². The van der Waals surface area contributed by atoms with E-state index in [4.69, 9.17) is 9.47 Å². The number of hydrogen-bond donors (Lipinski definition) is 2. The van der Waals surface area contributed by atoms with Crippen LogP contribution >= 0.6 is 0 Å². The fraction of sp³-hybridized carbons (Fsp3) is 0.900. The van der Waals surface area contributed by atoms with Crippen molar-refractivity contribution in [1.82, 2.24) is 10.6 Å². The van der Waals surface area contributed by atoms with E-state index in [2.05, 4.69) is 10.6 Å². The number of ether oxygens (including phenoxy) is 2. The second-order valence-electron chi connectivity index (χ2n) is 4.47. The Hall–Kier alpha value is -0.650. The molecule has 1 unspecified atom stereocenters. The predicted octanol–water partition coefficient (Wildman–Crippen LogP) is -0.730. The second-order valence-corrected chi connectivity index (χ2v) is 4.47. The molecule has 2 saturated heterocycles. The van der Waals surface area contributed by atoms with Crippen molar-refractivity contribution in [3.8, 4) is 0 Å². The summed E-state index contributed by atoms with van der Waals surface area (Å²) in [6, 6.07) is 0.174. The van der Waals surface area contributed by atoms with Crippen molar-refractivity contribution in [3.63, 3.8) is 0 Å². The molecule has 0 aliphatic carbocycles. The molecule has 0 aromatic carbocycles. The highest BCUT2D eigenvalue weighted by Gasteiger charge is 2.33. The van der Waals surface area contributed by atoms with E-state index in [-0.39, 0.29) is 24.2 Å². The van der Waals surface area contributed by atoms with Crippen molar-refractivity contribution in [2.75, 3.05) is 32.9 Å². The van der Waals surface area contributed by atoms with Gasteiger partial charge in [0.25, 0.3) is 0 Å². The number of carbonyl (C=O) groups excluding carboxylic acids is 1. The van der Waals surface area contributed by atoms with Crippen molar-refractivity contribution in [1.29, 1.82) is 0 Å². The Morgan fingerprint density at radius 3 is 3.00 bits per heavy atom. The van der Waals surface area contributed by atoms with Crippen LogP contribution in [0.15, 0.2) is 0 Å². The fourth-order valence-corrected chi connectivity index (χ4v) is 1.74. The SMILES string of the molecule is CC1(OCC(=O)NC2CCOC2)CNC1. The van der Waals surface area contributed by atoms with Crippen LogP contribution in [0, 0.1) is 0 Å². The largest absolute Gasteiger partial charge is 0.379 e. The van der Waals surface area contributed by atoms with Gasteiger partial charge in [-0.1, -0.05) is 0 Å². The van der Waals surface area contributed by atoms with E-state index in [9.17, 15) is 4.79 Å². The molecule has 5 heteroatoms. The quantitative estimate of drug-likeness (QED) is 0.648. The van der Waals surface area contributed by atoms with E-state index in [1.54, 1.807) is 0 Å². The molecular formula is C10H18N2O3. The summed E-state index contributed by atoms with van der Waals surface area (Å²) in [4.78, 5) is 11.5. The summed E-state index contributed by atoms with van der Waals surface area (Å²) in [5, 5.41) is 6.01. The van der Waals surface area contributed by atoms with Gasteiger partial charge in [-0.25, -0.2) is 0 Å². The van der Waals surface area contributed by atoms with Crippen LogP contribution in [0.2, 0.25) is 0 Å². The Labute approximate surface area is 89.5 Å². The molecule has 2 heterocycles. The monoisotopic (exact) mass is 214 g/mol. The molecule has 2 rings (SSSR count). The lowest BCUT2D eigenvalue weighted by Crippen LogP contribution is -2.59. The standard InChI is InChI=1S/C10H18N2O3/c1-10(6-11-7-10)15-5-9(13)12-8-2-3-14-4-8/h8,11H,2-7H2,1H3,(H,12,13). The molecule has 5 nitrogen and oxygen atoms in total. The van der Waals surface area contributed by atoms with Crippen LogP contribution in [0.4, 0.5) is 0 Å². The minimum absolute atomic E-state index is 0.0429. The predicted molar refractivity (Wildman–Crippen MR) is 54.6 cm³/mol. The highest BCUT2D eigenvalue weighted by molar-refractivity contribution is 5.77. The molecule has 0 aromatic rings. The first-order valence-electron chi connectivity index (χ1n) is 5.40. The first kappa shape index (κ1) is 10.9. The zero-order chi connectivity index (χ0) is 10.7. The molecular weight excluding hydrogens is 196 g/mol. The van der Waals surface area contributed by atoms with Crippen molar-refractivity contribution in [2.24, 2.45) is 0 Å². The van der Waals surface area contributed by atoms with Crippen LogP contribution in [0.25, 0.3) is 0 Å². The molecule has 0 spiro atoms. The molecule has 1 atom stereocenters. The van der Waals surface area contributed by atoms with Gasteiger partial charge in [0.15, 0.2) is 0 Å². The van der Waals surface area contributed by atoms with Gasteiger partial charge in [0.1, 0.15) is 6.61 Å². The van der Waals surface area contributed by atoms with E-state index in [0.717, 1.165) is 26.1 Å². The summed E-state index contributed by atoms with van der Waals surface area (Å²) in [5.41, 5.74) is -0.149. The number of amides is 1. The summed E-state index contributed by atoms with van der Waals surface area (Å²) >= 11 is 0. The average Bonchev–Trinajstić information content (AvgIpc) is 2.64. The maximum Gasteiger partial charge on any atom is 0.246 e. The Bertz CT molecular complexity index is 235. The van der Waals surface area contributed by atoms with E-state index in [1.807, 2.05) is 6.92 Å². The molecule has 86 valence electrons. The third-order valence-electron chi connectivity index (χ3n) is 2.84. The van der Waals surface area contributed by atoms with Gasteiger partial charge >= 0.3 is 0 Å². The number of hydrogen-bond acceptors (Lipinski definition) is 4. The van der Waals surface area contributed by atoms with E-state index in [0.29, 0.717) is 6.61 Å². The lowest BCUT2D eigenvalue weighted by Gasteiger charge is -2.38. The zero-order valence-electron chi connectivity index (χ0n) is 9.04. The van der Waals surface area contributed by atoms with Crippen LogP contribution in [0.1, 0.15) is 13.3 Å². The van der Waals surface area contributed by atoms with Crippen LogP contribution in [0.3, 0.4) is 0 Å². The van der Waals surface area contributed by atoms with Gasteiger partial charge in [-0.15, -0.1) is 0 Å². The fourth-order valence-electron chi connectivity index (χ4n) is 1.74. The Morgan fingerprint density at radius 1 is 1.67 bits per heavy atom. The highest BCUT2D eigenvalue weighted by Crippen LogP contribution is 2.14. The van der Waals surface area contributed by atoms with Crippen molar-refractivity contribution < 1.29 is 14.3 Å². The average molecular weight is 214 g/mol. The molecule has 1 amide bonds. The molecule has 0 saturated carbocycles. The molecule has 0 aromatic heterocycles. The summed E-state index contributed by atoms with van der Waals surface area (Å²) in [6.45, 7) is 5.18. The number of nitrogens with one attached hydrogen (secondary N) is 2. The first-order chi connectivity index (χ1) is 7.18. The lowest BCUT2D eigenvalue weighted by atomic mass is 10.0. The molecule has 2 fully saturated rings. The minimum atomic E-state index is -0.149. The van der Waals surface area contributed by atoms with Crippen LogP contribution < -0.4 is 10.6 Å². The Kier molecular flexibility index (Phi) is 3.23. The summed E-state index contributed by atoms with van der Waals surface area (Å²) in [5.74, 6) is -0.0429. The maximum absolute atomic E-state index is 11.5. The van der Waals surface area contributed by atoms with E-state index < -0.39 is 0 Å². The molecule has 15 heavy (non-hydrogen) atoms. The highest BCUT2D eigenvalue weighted by atomic mass is 16.5. The molecule has 0 radical (unpaired) electrons. The lowest BCUT2D eigenvalue weighted by molar-refractivity contribution is -0.136. The zero-order valence-corrected chi connectivity index (χ0v) is 9.04. The van der Waals surface area contributed by atoms with Gasteiger partial charge in [-0.05, 0) is 13.3 Å². The van der Waals surface area contributed by atoms with Gasteiger partial charge in [-0.2, -0.15) is 0 Å². The summed E-state index contributed by atoms with van der Waals surface area (Å²) in [6.07, 6.45) is 0.907. The molecule has 2 aliphatic heterocycles. The first-order valence-corrected chi connectivity index (χ1v) is 5.40. The van der Waals surface area contributed by atoms with Gasteiger partial charge in [-0.3, -0.25) is 4.79 Å². The van der Waals surface area contributed by atoms with Gasteiger partial charge in [0.05, 0.1) is 18.2 Å². The minimum Gasteiger partial charge on any atom is -0.379 e. The molecule has 0 bridgehead atoms. The van der Waals surface area contributed by atoms with Crippen LogP contribution in [-0.4, -0.2) is 50.5 Å². The third-order valence-corrected chi connectivity index (χ3v) is 2.84. The summed E-state index contributed by atoms with van der Waals surface area (Å²) in [7, 11) is 0. The summed E-state index contributed by atoms with van der Waals surface area (Å²) < 4.78 is 10.7. The van der Waals surface area contributed by atoms with Crippen molar-refractivity contribution in [3.05, 3.63) is 0 Å². The Balaban J connectivity index is 1.63. The maximum atomic E-state index is 11.5. The molecule has 2 aliphatic rings. The molecule has 2 N–H and O–H groups in total. The number of rotatable bonds is 4. The van der Waals surface area contributed by atoms with E-state index in [1.165, 1.54) is 0 Å². The number of carbonyl (C=O) groups is 1. The Morgan fingerprint density at radius 2 is 2.47 bits per heavy atom. The van der Waals surface area contributed by atoms with Crippen LogP contribution in [-0.2, 0) is 14.3 Å². The van der Waals surface area contributed by atoms with Crippen LogP contribution in [0.5, 0.6) is 0 Å². The van der Waals surface area contributed by atoms with Crippen molar-refractivity contribution >= 4 is 5.91 Å². The van der Waals surface area contributed by atoms with E-state index >= 15 is 0 Å². The second kappa shape index (κ2) is 4.47. The van der Waals surface area contributed by atoms with Crippen molar-refractivity contribution in [2.45, 2.75) is 25.0 Å². The smallest absolute Gasteiger partial charge is 0.246 e. The third kappa shape index (κ3) is 2.90.